The summed E-state index contributed by atoms with van der Waals surface area (Å²) in [5.41, 5.74) is 15.7. The van der Waals surface area contributed by atoms with Crippen LogP contribution in [0.5, 0.6) is 0 Å². The molecule has 272 valence electrons. The lowest BCUT2D eigenvalue weighted by Crippen LogP contribution is -2.38. The Bertz CT molecular complexity index is 3210. The molecule has 0 fully saturated rings. The maximum atomic E-state index is 2.46. The predicted octanol–water partition coefficient (Wildman–Crippen LogP) is 15.1. The number of hydrogen-bond donors (Lipinski definition) is 0. The van der Waals surface area contributed by atoms with Crippen molar-refractivity contribution < 1.29 is 0 Å². The highest BCUT2D eigenvalue weighted by molar-refractivity contribution is 8.00. The van der Waals surface area contributed by atoms with Gasteiger partial charge in [-0.1, -0.05) is 181 Å². The van der Waals surface area contributed by atoms with Gasteiger partial charge in [-0.25, -0.2) is 0 Å². The van der Waals surface area contributed by atoms with Crippen molar-refractivity contribution in [1.29, 1.82) is 0 Å². The first-order valence-corrected chi connectivity index (χ1v) is 21.5. The quantitative estimate of drug-likeness (QED) is 0.175. The van der Waals surface area contributed by atoms with Crippen LogP contribution in [0.1, 0.15) is 22.3 Å². The molecule has 0 aliphatic carbocycles. The third kappa shape index (κ3) is 4.94. The molecule has 1 aromatic heterocycles. The molecule has 0 bridgehead atoms. The lowest BCUT2D eigenvalue weighted by atomic mass is 9.61. The Morgan fingerprint density at radius 3 is 1.64 bits per heavy atom. The number of hydrogen-bond acceptors (Lipinski definition) is 2. The van der Waals surface area contributed by atoms with Gasteiger partial charge in [0.2, 0.25) is 0 Å². The van der Waals surface area contributed by atoms with Crippen LogP contribution in [-0.2, 0) is 5.41 Å². The van der Waals surface area contributed by atoms with Crippen molar-refractivity contribution in [3.63, 3.8) is 0 Å². The number of aromatic nitrogens is 1. The van der Waals surface area contributed by atoms with E-state index < -0.39 is 5.41 Å². The number of para-hydroxylation sites is 2. The van der Waals surface area contributed by atoms with Gasteiger partial charge in [-0.05, 0) is 110 Å². The summed E-state index contributed by atoms with van der Waals surface area (Å²) in [7, 11) is 0. The smallest absolute Gasteiger partial charge is 0.0757 e. The predicted molar refractivity (Wildman–Crippen MR) is 244 cm³/mol. The second-order valence-corrected chi connectivity index (χ2v) is 17.3. The van der Waals surface area contributed by atoms with Crippen LogP contribution < -0.4 is 0 Å². The van der Waals surface area contributed by atoms with Gasteiger partial charge >= 0.3 is 0 Å². The molecule has 58 heavy (non-hydrogen) atoms. The van der Waals surface area contributed by atoms with Crippen molar-refractivity contribution in [3.8, 4) is 39.1 Å². The highest BCUT2D eigenvalue weighted by atomic mass is 32.2. The van der Waals surface area contributed by atoms with Gasteiger partial charge in [0, 0.05) is 36.0 Å². The zero-order valence-electron chi connectivity index (χ0n) is 31.5. The summed E-state index contributed by atoms with van der Waals surface area (Å²) in [5.74, 6) is 0. The lowest BCUT2D eigenvalue weighted by Gasteiger charge is -2.47. The molecule has 0 radical (unpaired) electrons. The molecule has 0 saturated heterocycles. The minimum absolute atomic E-state index is 0.619. The Labute approximate surface area is 346 Å². The molecule has 0 amide bonds. The summed E-state index contributed by atoms with van der Waals surface area (Å²) in [6.07, 6.45) is 0. The number of rotatable bonds is 4. The van der Waals surface area contributed by atoms with Crippen LogP contribution in [0.3, 0.4) is 0 Å². The lowest BCUT2D eigenvalue weighted by molar-refractivity contribution is 0.671. The SMILES string of the molecule is c1ccc(-c2cc3c(c(-c4ccccc4)c2)C2(c4ccccc4Sc4cccc(-c5ccc6c7ccccc7n(-c7ccccc7)c6c5)c42)c2ccccc2S3)cc1. The third-order valence-electron chi connectivity index (χ3n) is 12.1. The van der Waals surface area contributed by atoms with Crippen molar-refractivity contribution in [1.82, 2.24) is 4.57 Å². The molecule has 0 N–H and O–H groups in total. The van der Waals surface area contributed by atoms with Crippen LogP contribution in [0.25, 0.3) is 60.9 Å². The van der Waals surface area contributed by atoms with Gasteiger partial charge in [0.1, 0.15) is 0 Å². The first kappa shape index (κ1) is 33.6. The molecule has 12 rings (SSSR count). The molecule has 10 aromatic rings. The monoisotopic (exact) mass is 773 g/mol. The van der Waals surface area contributed by atoms with E-state index in [9.17, 15) is 0 Å². The van der Waals surface area contributed by atoms with Gasteiger partial charge in [0.25, 0.3) is 0 Å². The first-order valence-electron chi connectivity index (χ1n) is 19.8. The molecule has 2 aliphatic rings. The number of benzene rings is 9. The molecule has 1 spiro atoms. The molecule has 1 unspecified atom stereocenters. The fourth-order valence-electron chi connectivity index (χ4n) is 9.74. The fraction of sp³-hybridized carbons (Fsp3) is 0.0182. The Balaban J connectivity index is 1.23. The molecule has 1 nitrogen and oxygen atoms in total. The Morgan fingerprint density at radius 1 is 0.328 bits per heavy atom. The van der Waals surface area contributed by atoms with Gasteiger partial charge < -0.3 is 4.57 Å². The Morgan fingerprint density at radius 2 is 0.897 bits per heavy atom. The zero-order chi connectivity index (χ0) is 38.2. The van der Waals surface area contributed by atoms with E-state index in [2.05, 4.69) is 217 Å². The number of fused-ring (bicyclic) bond motifs is 11. The largest absolute Gasteiger partial charge is 0.309 e. The molecule has 3 heteroatoms. The Hall–Kier alpha value is -6.52. The summed E-state index contributed by atoms with van der Waals surface area (Å²) in [5, 5.41) is 2.52. The molecule has 9 aromatic carbocycles. The van der Waals surface area contributed by atoms with E-state index in [0.29, 0.717) is 0 Å². The first-order chi connectivity index (χ1) is 28.8. The van der Waals surface area contributed by atoms with E-state index in [4.69, 9.17) is 0 Å². The van der Waals surface area contributed by atoms with Crippen molar-refractivity contribution >= 4 is 45.3 Å². The molecular weight excluding hydrogens is 739 g/mol. The van der Waals surface area contributed by atoms with Crippen LogP contribution >= 0.6 is 23.5 Å². The van der Waals surface area contributed by atoms with Crippen LogP contribution in [0.2, 0.25) is 0 Å². The molecule has 3 heterocycles. The van der Waals surface area contributed by atoms with Gasteiger partial charge in [0.05, 0.1) is 16.4 Å². The van der Waals surface area contributed by atoms with Gasteiger partial charge in [-0.2, -0.15) is 0 Å². The molecule has 1 atom stereocenters. The van der Waals surface area contributed by atoms with Crippen molar-refractivity contribution in [2.24, 2.45) is 0 Å². The van der Waals surface area contributed by atoms with E-state index in [-0.39, 0.29) is 0 Å². The second kappa shape index (κ2) is 13.3. The van der Waals surface area contributed by atoms with Crippen molar-refractivity contribution in [3.05, 3.63) is 235 Å². The van der Waals surface area contributed by atoms with Crippen molar-refractivity contribution in [2.75, 3.05) is 0 Å². The normalized spacial score (nSPS) is 15.2. The van der Waals surface area contributed by atoms with Gasteiger partial charge in [-0.3, -0.25) is 0 Å². The van der Waals surface area contributed by atoms with E-state index >= 15 is 0 Å². The van der Waals surface area contributed by atoms with E-state index in [0.717, 1.165) is 5.69 Å². The van der Waals surface area contributed by atoms with Gasteiger partial charge in [-0.15, -0.1) is 0 Å². The van der Waals surface area contributed by atoms with E-state index in [1.54, 1.807) is 0 Å². The highest BCUT2D eigenvalue weighted by Gasteiger charge is 2.51. The average Bonchev–Trinajstić information content (AvgIpc) is 3.63. The summed E-state index contributed by atoms with van der Waals surface area (Å²) >= 11 is 3.82. The van der Waals surface area contributed by atoms with Gasteiger partial charge in [0.15, 0.2) is 0 Å². The fourth-order valence-corrected chi connectivity index (χ4v) is 12.2. The summed E-state index contributed by atoms with van der Waals surface area (Å²) in [4.78, 5) is 5.17. The molecular formula is C55H35NS2. The summed E-state index contributed by atoms with van der Waals surface area (Å²) < 4.78 is 2.43. The third-order valence-corrected chi connectivity index (χ3v) is 14.3. The minimum atomic E-state index is -0.619. The standard InChI is InChI=1S/C55H35NS2/c1-4-17-36(18-5-1)39-33-44(37-19-6-2-7-20-37)54-52(35-39)58-50-29-15-12-26-46(50)55(54)45-25-11-14-28-49(45)57-51-30-16-24-41(53(51)55)38-31-32-43-42-23-10-13-27-47(42)56(48(43)34-38)40-21-8-3-9-22-40/h1-35H. The minimum Gasteiger partial charge on any atom is -0.309 e. The number of nitrogens with zero attached hydrogens (tertiary/aromatic N) is 1. The zero-order valence-corrected chi connectivity index (χ0v) is 33.1. The molecule has 0 saturated carbocycles. The maximum absolute atomic E-state index is 2.46. The average molecular weight is 774 g/mol. The molecule has 2 aliphatic heterocycles. The van der Waals surface area contributed by atoms with Crippen LogP contribution in [0.15, 0.2) is 232 Å². The van der Waals surface area contributed by atoms with E-state index in [1.807, 2.05) is 23.5 Å². The van der Waals surface area contributed by atoms with Crippen LogP contribution in [0, 0.1) is 0 Å². The Kier molecular flexibility index (Phi) is 7.69. The van der Waals surface area contributed by atoms with Crippen LogP contribution in [-0.4, -0.2) is 4.57 Å². The summed E-state index contributed by atoms with van der Waals surface area (Å²) in [6.45, 7) is 0. The van der Waals surface area contributed by atoms with E-state index in [1.165, 1.54) is 97.0 Å². The van der Waals surface area contributed by atoms with Crippen LogP contribution in [0.4, 0.5) is 0 Å². The summed E-state index contributed by atoms with van der Waals surface area (Å²) in [6, 6.07) is 78.9. The maximum Gasteiger partial charge on any atom is 0.0757 e. The van der Waals surface area contributed by atoms with Crippen molar-refractivity contribution in [2.45, 2.75) is 25.0 Å². The highest BCUT2D eigenvalue weighted by Crippen LogP contribution is 2.65. The topological polar surface area (TPSA) is 4.93 Å². The second-order valence-electron chi connectivity index (χ2n) is 15.2.